The molecule has 0 atom stereocenters. The molecule has 0 radical (unpaired) electrons. The SMILES string of the molecule is O=C(C1C2CC3CC(C2)CC1C3)N1CCN(S(=O)(=O)Cc2ccccc2)CC1. The van der Waals surface area contributed by atoms with Crippen molar-refractivity contribution in [3.8, 4) is 0 Å². The van der Waals surface area contributed by atoms with E-state index in [0.29, 0.717) is 43.9 Å². The maximum Gasteiger partial charge on any atom is 0.226 e. The van der Waals surface area contributed by atoms with Gasteiger partial charge in [0, 0.05) is 32.1 Å². The Hall–Kier alpha value is -1.40. The summed E-state index contributed by atoms with van der Waals surface area (Å²) in [6, 6.07) is 9.33. The van der Waals surface area contributed by atoms with Crippen molar-refractivity contribution in [2.45, 2.75) is 37.9 Å². The fraction of sp³-hybridized carbons (Fsp3) is 0.682. The molecule has 5 fully saturated rings. The third-order valence-corrected chi connectivity index (χ3v) is 9.50. The van der Waals surface area contributed by atoms with Gasteiger partial charge < -0.3 is 4.90 Å². The molecule has 5 nitrogen and oxygen atoms in total. The lowest BCUT2D eigenvalue weighted by Crippen LogP contribution is -2.56. The Morgan fingerprint density at radius 1 is 0.857 bits per heavy atom. The standard InChI is InChI=1S/C22H30N2O3S/c25-22(21-19-11-17-10-18(13-19)14-20(21)12-17)23-6-8-24(9-7-23)28(26,27)15-16-4-2-1-3-5-16/h1-5,17-21H,6-15H2. The van der Waals surface area contributed by atoms with Crippen LogP contribution in [0.25, 0.3) is 0 Å². The number of hydrogen-bond acceptors (Lipinski definition) is 3. The van der Waals surface area contributed by atoms with Crippen LogP contribution in [0.4, 0.5) is 0 Å². The van der Waals surface area contributed by atoms with E-state index in [-0.39, 0.29) is 11.7 Å². The second-order valence-electron chi connectivity index (χ2n) is 9.42. The minimum atomic E-state index is -3.33. The highest BCUT2D eigenvalue weighted by molar-refractivity contribution is 7.88. The average molecular weight is 403 g/mol. The van der Waals surface area contributed by atoms with Gasteiger partial charge in [-0.25, -0.2) is 8.42 Å². The first-order valence-electron chi connectivity index (χ1n) is 10.8. The van der Waals surface area contributed by atoms with Crippen molar-refractivity contribution < 1.29 is 13.2 Å². The van der Waals surface area contributed by atoms with Crippen LogP contribution in [-0.2, 0) is 20.6 Å². The molecule has 0 N–H and O–H groups in total. The second kappa shape index (κ2) is 7.13. The molecule has 1 amide bonds. The zero-order valence-electron chi connectivity index (χ0n) is 16.4. The number of nitrogens with zero attached hydrogens (tertiary/aromatic N) is 2. The third kappa shape index (κ3) is 3.39. The average Bonchev–Trinajstić information content (AvgIpc) is 2.67. The van der Waals surface area contributed by atoms with Gasteiger partial charge in [-0.2, -0.15) is 4.31 Å². The van der Waals surface area contributed by atoms with Crippen LogP contribution in [0.1, 0.15) is 37.7 Å². The number of amides is 1. The van der Waals surface area contributed by atoms with Gasteiger partial charge in [0.05, 0.1) is 5.75 Å². The summed E-state index contributed by atoms with van der Waals surface area (Å²) in [7, 11) is -3.33. The number of hydrogen-bond donors (Lipinski definition) is 0. The first-order chi connectivity index (χ1) is 13.5. The van der Waals surface area contributed by atoms with E-state index in [1.54, 1.807) is 4.31 Å². The number of rotatable bonds is 4. The van der Waals surface area contributed by atoms with Crippen molar-refractivity contribution in [1.29, 1.82) is 0 Å². The molecule has 4 saturated carbocycles. The fourth-order valence-electron chi connectivity index (χ4n) is 6.60. The zero-order valence-corrected chi connectivity index (χ0v) is 17.2. The van der Waals surface area contributed by atoms with Crippen LogP contribution in [0.3, 0.4) is 0 Å². The number of piperazine rings is 1. The maximum atomic E-state index is 13.3. The van der Waals surface area contributed by atoms with E-state index in [1.807, 2.05) is 35.2 Å². The van der Waals surface area contributed by atoms with Crippen LogP contribution < -0.4 is 0 Å². The van der Waals surface area contributed by atoms with Gasteiger partial charge >= 0.3 is 0 Å². The van der Waals surface area contributed by atoms with Crippen LogP contribution in [0.2, 0.25) is 0 Å². The molecular weight excluding hydrogens is 372 g/mol. The minimum Gasteiger partial charge on any atom is -0.340 e. The Balaban J connectivity index is 1.21. The van der Waals surface area contributed by atoms with Gasteiger partial charge in [-0.3, -0.25) is 4.79 Å². The number of benzene rings is 1. The summed E-state index contributed by atoms with van der Waals surface area (Å²) >= 11 is 0. The van der Waals surface area contributed by atoms with E-state index in [9.17, 15) is 13.2 Å². The summed E-state index contributed by atoms with van der Waals surface area (Å²) in [5.74, 6) is 3.47. The first kappa shape index (κ1) is 18.6. The van der Waals surface area contributed by atoms with Crippen molar-refractivity contribution in [3.63, 3.8) is 0 Å². The molecule has 5 aliphatic rings. The van der Waals surface area contributed by atoms with Crippen molar-refractivity contribution >= 4 is 15.9 Å². The van der Waals surface area contributed by atoms with Gasteiger partial charge in [-0.15, -0.1) is 0 Å². The second-order valence-corrected chi connectivity index (χ2v) is 11.4. The monoisotopic (exact) mass is 402 g/mol. The van der Waals surface area contributed by atoms with E-state index in [0.717, 1.165) is 17.4 Å². The van der Waals surface area contributed by atoms with E-state index in [2.05, 4.69) is 0 Å². The summed E-state index contributed by atoms with van der Waals surface area (Å²) in [5.41, 5.74) is 0.814. The molecule has 0 aromatic heterocycles. The first-order valence-corrected chi connectivity index (χ1v) is 12.4. The lowest BCUT2D eigenvalue weighted by atomic mass is 9.51. The van der Waals surface area contributed by atoms with Crippen molar-refractivity contribution in [2.75, 3.05) is 26.2 Å². The third-order valence-electron chi connectivity index (χ3n) is 7.65. The summed E-state index contributed by atoms with van der Waals surface area (Å²) in [6.45, 7) is 1.92. The zero-order chi connectivity index (χ0) is 19.3. The molecular formula is C22H30N2O3S. The van der Waals surface area contributed by atoms with Crippen molar-refractivity contribution in [1.82, 2.24) is 9.21 Å². The summed E-state index contributed by atoms with van der Waals surface area (Å²) < 4.78 is 27.1. The van der Waals surface area contributed by atoms with Gasteiger partial charge in [0.1, 0.15) is 0 Å². The lowest BCUT2D eigenvalue weighted by Gasteiger charge is -2.54. The Morgan fingerprint density at radius 2 is 1.43 bits per heavy atom. The lowest BCUT2D eigenvalue weighted by molar-refractivity contribution is -0.150. The van der Waals surface area contributed by atoms with Crippen LogP contribution in [0.15, 0.2) is 30.3 Å². The van der Waals surface area contributed by atoms with Crippen molar-refractivity contribution in [2.24, 2.45) is 29.6 Å². The summed E-state index contributed by atoms with van der Waals surface area (Å²) in [6.07, 6.45) is 6.37. The molecule has 1 aromatic rings. The molecule has 4 bridgehead atoms. The Morgan fingerprint density at radius 3 is 2.00 bits per heavy atom. The Bertz CT molecular complexity index is 803. The largest absolute Gasteiger partial charge is 0.340 e. The number of sulfonamides is 1. The van der Waals surface area contributed by atoms with Gasteiger partial charge in [0.15, 0.2) is 0 Å². The molecule has 28 heavy (non-hydrogen) atoms. The molecule has 4 aliphatic carbocycles. The topological polar surface area (TPSA) is 57.7 Å². The van der Waals surface area contributed by atoms with Gasteiger partial charge in [0.2, 0.25) is 15.9 Å². The molecule has 6 rings (SSSR count). The number of carbonyl (C=O) groups excluding carboxylic acids is 1. The van der Waals surface area contributed by atoms with Crippen LogP contribution >= 0.6 is 0 Å². The van der Waals surface area contributed by atoms with Crippen molar-refractivity contribution in [3.05, 3.63) is 35.9 Å². The highest BCUT2D eigenvalue weighted by atomic mass is 32.2. The normalized spacial score (nSPS) is 35.3. The van der Waals surface area contributed by atoms with E-state index in [4.69, 9.17) is 0 Å². The number of carbonyl (C=O) groups is 1. The molecule has 0 unspecified atom stereocenters. The molecule has 1 saturated heterocycles. The van der Waals surface area contributed by atoms with Gasteiger partial charge in [-0.05, 0) is 61.3 Å². The molecule has 1 aliphatic heterocycles. The van der Waals surface area contributed by atoms with Crippen LogP contribution in [0, 0.1) is 29.6 Å². The van der Waals surface area contributed by atoms with Crippen LogP contribution in [-0.4, -0.2) is 49.7 Å². The molecule has 0 spiro atoms. The molecule has 6 heteroatoms. The molecule has 1 aromatic carbocycles. The molecule has 152 valence electrons. The predicted molar refractivity (Wildman–Crippen MR) is 108 cm³/mol. The fourth-order valence-corrected chi connectivity index (χ4v) is 8.12. The quantitative estimate of drug-likeness (QED) is 0.778. The molecule has 1 heterocycles. The maximum absolute atomic E-state index is 13.3. The smallest absolute Gasteiger partial charge is 0.226 e. The van der Waals surface area contributed by atoms with Gasteiger partial charge in [0.25, 0.3) is 0 Å². The minimum absolute atomic E-state index is 0.0390. The van der Waals surface area contributed by atoms with Gasteiger partial charge in [-0.1, -0.05) is 30.3 Å². The van der Waals surface area contributed by atoms with E-state index in [1.165, 1.54) is 32.1 Å². The highest BCUT2D eigenvalue weighted by Crippen LogP contribution is 2.56. The summed E-state index contributed by atoms with van der Waals surface area (Å²) in [4.78, 5) is 15.3. The van der Waals surface area contributed by atoms with E-state index >= 15 is 0 Å². The Labute approximate surface area is 168 Å². The highest BCUT2D eigenvalue weighted by Gasteiger charge is 2.51. The van der Waals surface area contributed by atoms with E-state index < -0.39 is 10.0 Å². The Kier molecular flexibility index (Phi) is 4.74. The van der Waals surface area contributed by atoms with Crippen LogP contribution in [0.5, 0.6) is 0 Å². The summed E-state index contributed by atoms with van der Waals surface area (Å²) in [5, 5.41) is 0. The predicted octanol–water partition coefficient (Wildman–Crippen LogP) is 2.73.